The van der Waals surface area contributed by atoms with Crippen molar-refractivity contribution in [3.05, 3.63) is 65.9 Å². The van der Waals surface area contributed by atoms with Crippen molar-refractivity contribution in [2.75, 3.05) is 11.5 Å². The summed E-state index contributed by atoms with van der Waals surface area (Å²) in [4.78, 5) is 25.7. The molecule has 1 aliphatic rings. The number of carbonyl (C=O) groups excluding carboxylic acids is 2. The fourth-order valence-corrected chi connectivity index (χ4v) is 2.34. The number of carbonyl (C=O) groups is 2. The number of benzene rings is 2. The Labute approximate surface area is 138 Å². The second-order valence-electron chi connectivity index (χ2n) is 4.95. The van der Waals surface area contributed by atoms with Gasteiger partial charge in [0.25, 0.3) is 5.91 Å². The van der Waals surface area contributed by atoms with Gasteiger partial charge in [0.1, 0.15) is 17.5 Å². The van der Waals surface area contributed by atoms with E-state index in [0.29, 0.717) is 17.0 Å². The van der Waals surface area contributed by atoms with Crippen LogP contribution in [0.2, 0.25) is 0 Å². The molecule has 0 radical (unpaired) electrons. The van der Waals surface area contributed by atoms with E-state index < -0.39 is 11.9 Å². The summed E-state index contributed by atoms with van der Waals surface area (Å²) in [5.41, 5.74) is 1.25. The number of urea groups is 1. The predicted molar refractivity (Wildman–Crippen MR) is 88.0 cm³/mol. The number of hydrogen-bond donors (Lipinski definition) is 1. The van der Waals surface area contributed by atoms with E-state index in [-0.39, 0.29) is 12.3 Å². The third-order valence-electron chi connectivity index (χ3n) is 3.40. The molecule has 2 aromatic rings. The molecular weight excluding hydrogens is 306 g/mol. The SMILES string of the molecule is N#CCOc1ccccc1/C=C1/NC(=O)N(c2ccccc2)C1=O. The van der Waals surface area contributed by atoms with Gasteiger partial charge in [-0.05, 0) is 24.3 Å². The smallest absolute Gasteiger partial charge is 0.333 e. The van der Waals surface area contributed by atoms with E-state index >= 15 is 0 Å². The molecule has 118 valence electrons. The topological polar surface area (TPSA) is 82.4 Å². The molecule has 1 N–H and O–H groups in total. The fourth-order valence-electron chi connectivity index (χ4n) is 2.34. The average Bonchev–Trinajstić information content (AvgIpc) is 2.88. The Morgan fingerprint density at radius 1 is 1.08 bits per heavy atom. The van der Waals surface area contributed by atoms with Gasteiger partial charge in [-0.25, -0.2) is 9.69 Å². The molecule has 3 amide bonds. The van der Waals surface area contributed by atoms with Gasteiger partial charge in [-0.1, -0.05) is 36.4 Å². The molecule has 6 nitrogen and oxygen atoms in total. The van der Waals surface area contributed by atoms with E-state index in [1.54, 1.807) is 48.5 Å². The molecule has 3 rings (SSSR count). The zero-order valence-electron chi connectivity index (χ0n) is 12.6. The minimum Gasteiger partial charge on any atom is -0.478 e. The van der Waals surface area contributed by atoms with Crippen LogP contribution in [-0.4, -0.2) is 18.5 Å². The Hall–Kier alpha value is -3.59. The van der Waals surface area contributed by atoms with Gasteiger partial charge in [0, 0.05) is 5.56 Å². The molecule has 2 aromatic carbocycles. The highest BCUT2D eigenvalue weighted by Crippen LogP contribution is 2.25. The fraction of sp³-hybridized carbons (Fsp3) is 0.0556. The van der Waals surface area contributed by atoms with Crippen LogP contribution in [-0.2, 0) is 4.79 Å². The third-order valence-corrected chi connectivity index (χ3v) is 3.40. The largest absolute Gasteiger partial charge is 0.478 e. The summed E-state index contributed by atoms with van der Waals surface area (Å²) < 4.78 is 5.33. The van der Waals surface area contributed by atoms with E-state index in [4.69, 9.17) is 10.00 Å². The van der Waals surface area contributed by atoms with Gasteiger partial charge < -0.3 is 10.1 Å². The second kappa shape index (κ2) is 6.67. The van der Waals surface area contributed by atoms with Crippen LogP contribution in [0.25, 0.3) is 6.08 Å². The number of nitrogens with one attached hydrogen (secondary N) is 1. The van der Waals surface area contributed by atoms with E-state index in [1.807, 2.05) is 12.1 Å². The number of imide groups is 1. The summed E-state index contributed by atoms with van der Waals surface area (Å²) in [6, 6.07) is 17.0. The van der Waals surface area contributed by atoms with Crippen LogP contribution in [0.4, 0.5) is 10.5 Å². The Morgan fingerprint density at radius 2 is 1.79 bits per heavy atom. The van der Waals surface area contributed by atoms with Crippen molar-refractivity contribution < 1.29 is 14.3 Å². The van der Waals surface area contributed by atoms with E-state index in [1.165, 1.54) is 6.08 Å². The number of rotatable bonds is 4. The zero-order chi connectivity index (χ0) is 16.9. The highest BCUT2D eigenvalue weighted by molar-refractivity contribution is 6.28. The summed E-state index contributed by atoms with van der Waals surface area (Å²) in [5.74, 6) is 0.0213. The van der Waals surface area contributed by atoms with Gasteiger partial charge in [-0.3, -0.25) is 4.79 Å². The molecule has 0 unspecified atom stereocenters. The van der Waals surface area contributed by atoms with Gasteiger partial charge in [0.2, 0.25) is 0 Å². The van der Waals surface area contributed by atoms with Crippen molar-refractivity contribution in [2.45, 2.75) is 0 Å². The molecule has 0 aromatic heterocycles. The Bertz CT molecular complexity index is 853. The zero-order valence-corrected chi connectivity index (χ0v) is 12.6. The lowest BCUT2D eigenvalue weighted by atomic mass is 10.1. The number of hydrogen-bond acceptors (Lipinski definition) is 4. The summed E-state index contributed by atoms with van der Waals surface area (Å²) in [6.45, 7) is -0.101. The van der Waals surface area contributed by atoms with Crippen LogP contribution in [0.5, 0.6) is 5.75 Å². The van der Waals surface area contributed by atoms with Crippen LogP contribution in [0.1, 0.15) is 5.56 Å². The molecule has 1 aliphatic heterocycles. The van der Waals surface area contributed by atoms with Crippen molar-refractivity contribution in [1.82, 2.24) is 5.32 Å². The Kier molecular flexibility index (Phi) is 4.25. The molecular formula is C18H13N3O3. The van der Waals surface area contributed by atoms with Crippen LogP contribution < -0.4 is 15.0 Å². The summed E-state index contributed by atoms with van der Waals surface area (Å²) >= 11 is 0. The maximum Gasteiger partial charge on any atom is 0.333 e. The first-order chi connectivity index (χ1) is 11.7. The van der Waals surface area contributed by atoms with Crippen molar-refractivity contribution in [3.8, 4) is 11.8 Å². The quantitative estimate of drug-likeness (QED) is 0.694. The maximum atomic E-state index is 12.5. The number of nitrogens with zero attached hydrogens (tertiary/aromatic N) is 2. The first-order valence-electron chi connectivity index (χ1n) is 7.21. The molecule has 0 atom stereocenters. The average molecular weight is 319 g/mol. The minimum absolute atomic E-state index is 0.101. The Morgan fingerprint density at radius 3 is 2.54 bits per heavy atom. The Balaban J connectivity index is 1.92. The number of ether oxygens (including phenoxy) is 1. The monoisotopic (exact) mass is 319 g/mol. The van der Waals surface area contributed by atoms with Crippen LogP contribution in [0.3, 0.4) is 0 Å². The molecule has 1 saturated heterocycles. The van der Waals surface area contributed by atoms with Crippen LogP contribution >= 0.6 is 0 Å². The van der Waals surface area contributed by atoms with Crippen LogP contribution in [0, 0.1) is 11.3 Å². The summed E-state index contributed by atoms with van der Waals surface area (Å²) in [6.07, 6.45) is 1.54. The molecule has 1 fully saturated rings. The van der Waals surface area contributed by atoms with Crippen LogP contribution in [0.15, 0.2) is 60.3 Å². The number of amides is 3. The van der Waals surface area contributed by atoms with Crippen molar-refractivity contribution >= 4 is 23.7 Å². The van der Waals surface area contributed by atoms with Crippen molar-refractivity contribution in [3.63, 3.8) is 0 Å². The molecule has 1 heterocycles. The maximum absolute atomic E-state index is 12.5. The first kappa shape index (κ1) is 15.3. The second-order valence-corrected chi connectivity index (χ2v) is 4.95. The van der Waals surface area contributed by atoms with Crippen molar-refractivity contribution in [2.24, 2.45) is 0 Å². The lowest BCUT2D eigenvalue weighted by Crippen LogP contribution is -2.30. The third kappa shape index (κ3) is 2.96. The lowest BCUT2D eigenvalue weighted by Gasteiger charge is -2.11. The number of nitriles is 1. The van der Waals surface area contributed by atoms with Crippen molar-refractivity contribution in [1.29, 1.82) is 5.26 Å². The molecule has 0 spiro atoms. The molecule has 0 saturated carbocycles. The first-order valence-corrected chi connectivity index (χ1v) is 7.21. The standard InChI is InChI=1S/C18H13N3O3/c19-10-11-24-16-9-5-4-6-13(16)12-15-17(22)21(18(23)20-15)14-7-2-1-3-8-14/h1-9,12H,11H2,(H,20,23)/b15-12+. The van der Waals surface area contributed by atoms with Gasteiger partial charge >= 0.3 is 6.03 Å². The number of anilines is 1. The summed E-state index contributed by atoms with van der Waals surface area (Å²) in [5, 5.41) is 11.2. The normalized spacial score (nSPS) is 15.3. The molecule has 0 bridgehead atoms. The van der Waals surface area contributed by atoms with Gasteiger partial charge in [-0.2, -0.15) is 5.26 Å². The van der Waals surface area contributed by atoms with Gasteiger partial charge in [0.15, 0.2) is 6.61 Å². The van der Waals surface area contributed by atoms with E-state index in [9.17, 15) is 9.59 Å². The number of para-hydroxylation sites is 2. The van der Waals surface area contributed by atoms with E-state index in [2.05, 4.69) is 5.32 Å². The molecule has 0 aliphatic carbocycles. The summed E-state index contributed by atoms with van der Waals surface area (Å²) in [7, 11) is 0. The lowest BCUT2D eigenvalue weighted by molar-refractivity contribution is -0.113. The minimum atomic E-state index is -0.507. The van der Waals surface area contributed by atoms with E-state index in [0.717, 1.165) is 4.90 Å². The predicted octanol–water partition coefficient (Wildman–Crippen LogP) is 2.69. The highest BCUT2D eigenvalue weighted by atomic mass is 16.5. The van der Waals surface area contributed by atoms with Gasteiger partial charge in [-0.15, -0.1) is 0 Å². The highest BCUT2D eigenvalue weighted by Gasteiger charge is 2.34. The molecule has 24 heavy (non-hydrogen) atoms. The van der Waals surface area contributed by atoms with Gasteiger partial charge in [0.05, 0.1) is 5.69 Å². The molecule has 6 heteroatoms.